The van der Waals surface area contributed by atoms with E-state index in [1.165, 1.54) is 0 Å². The molecule has 7 nitrogen and oxygen atoms in total. The second-order valence-corrected chi connectivity index (χ2v) is 4.94. The zero-order valence-electron chi connectivity index (χ0n) is 11.0. The van der Waals surface area contributed by atoms with Crippen LogP contribution in [0.4, 0.5) is 0 Å². The average Bonchev–Trinajstić information content (AvgIpc) is 2.31. The van der Waals surface area contributed by atoms with Crippen LogP contribution in [0.3, 0.4) is 0 Å². The number of carbonyl (C=O) groups excluding carboxylic acids is 1. The van der Waals surface area contributed by atoms with Crippen LogP contribution in [0.2, 0.25) is 0 Å². The molecule has 1 aromatic heterocycles. The van der Waals surface area contributed by atoms with E-state index in [9.17, 15) is 14.4 Å². The van der Waals surface area contributed by atoms with Crippen LogP contribution in [-0.4, -0.2) is 15.7 Å². The highest BCUT2D eigenvalue weighted by Gasteiger charge is 2.28. The summed E-state index contributed by atoms with van der Waals surface area (Å²) in [6.45, 7) is 6.48. The molecule has 0 aromatic carbocycles. The molecule has 0 atom stereocenters. The van der Waals surface area contributed by atoms with E-state index in [2.05, 4.69) is 5.10 Å². The topological polar surface area (TPSA) is 110 Å². The van der Waals surface area contributed by atoms with Crippen molar-refractivity contribution >= 4 is 5.91 Å². The number of rotatable bonds is 3. The maximum Gasteiger partial charge on any atom is 0.268 e. The number of aromatic nitrogens is 2. The van der Waals surface area contributed by atoms with Crippen LogP contribution in [-0.2, 0) is 11.3 Å². The first-order valence-corrected chi connectivity index (χ1v) is 5.52. The van der Waals surface area contributed by atoms with Gasteiger partial charge in [0.15, 0.2) is 0 Å². The molecule has 0 aliphatic rings. The predicted molar refractivity (Wildman–Crippen MR) is 66.9 cm³/mol. The van der Waals surface area contributed by atoms with Crippen LogP contribution in [0, 0.1) is 19.3 Å². The minimum absolute atomic E-state index is 0.0469. The molecule has 0 saturated heterocycles. The summed E-state index contributed by atoms with van der Waals surface area (Å²) < 4.78 is 1.14. The van der Waals surface area contributed by atoms with Gasteiger partial charge in [-0.25, -0.2) is 10.5 Å². The van der Waals surface area contributed by atoms with Crippen LogP contribution < -0.4 is 22.4 Å². The summed E-state index contributed by atoms with van der Waals surface area (Å²) in [5.41, 5.74) is 1.25. The van der Waals surface area contributed by atoms with Crippen molar-refractivity contribution in [2.24, 2.45) is 11.3 Å². The Balaban J connectivity index is 3.26. The van der Waals surface area contributed by atoms with Crippen molar-refractivity contribution in [1.82, 2.24) is 15.2 Å². The fourth-order valence-electron chi connectivity index (χ4n) is 1.56. The quantitative estimate of drug-likeness (QED) is 0.371. The van der Waals surface area contributed by atoms with Crippen molar-refractivity contribution in [3.8, 4) is 0 Å². The van der Waals surface area contributed by atoms with Gasteiger partial charge in [0.25, 0.3) is 11.1 Å². The Bertz CT molecular complexity index is 583. The highest BCUT2D eigenvalue weighted by atomic mass is 16.2. The number of hydrazine groups is 1. The van der Waals surface area contributed by atoms with Crippen LogP contribution in [0.1, 0.15) is 25.0 Å². The normalized spacial score (nSPS) is 11.4. The lowest BCUT2D eigenvalue weighted by Gasteiger charge is -2.23. The lowest BCUT2D eigenvalue weighted by atomic mass is 9.92. The van der Waals surface area contributed by atoms with Crippen molar-refractivity contribution in [3.63, 3.8) is 0 Å². The van der Waals surface area contributed by atoms with Gasteiger partial charge in [0, 0.05) is 11.1 Å². The zero-order chi connectivity index (χ0) is 14.1. The van der Waals surface area contributed by atoms with Crippen molar-refractivity contribution in [3.05, 3.63) is 31.8 Å². The van der Waals surface area contributed by atoms with Crippen LogP contribution >= 0.6 is 0 Å². The number of carbonyl (C=O) groups is 1. The Morgan fingerprint density at radius 2 is 1.89 bits per heavy atom. The minimum atomic E-state index is -0.900. The number of hydrogen-bond acceptors (Lipinski definition) is 4. The lowest BCUT2D eigenvalue weighted by molar-refractivity contribution is -0.130. The first kappa shape index (κ1) is 14.2. The molecule has 0 bridgehead atoms. The second-order valence-electron chi connectivity index (χ2n) is 4.94. The smallest absolute Gasteiger partial charge is 0.268 e. The lowest BCUT2D eigenvalue weighted by Crippen LogP contribution is -2.46. The zero-order valence-corrected chi connectivity index (χ0v) is 11.0. The highest BCUT2D eigenvalue weighted by molar-refractivity contribution is 5.81. The molecule has 0 aliphatic heterocycles. The molecule has 100 valence electrons. The Morgan fingerprint density at radius 3 is 2.39 bits per heavy atom. The molecule has 4 N–H and O–H groups in total. The maximum absolute atomic E-state index is 12.0. The van der Waals surface area contributed by atoms with Crippen molar-refractivity contribution < 1.29 is 4.79 Å². The summed E-state index contributed by atoms with van der Waals surface area (Å²) >= 11 is 0. The summed E-state index contributed by atoms with van der Waals surface area (Å²) in [4.78, 5) is 35.1. The third-order valence-corrected chi connectivity index (χ3v) is 3.00. The minimum Gasteiger partial charge on any atom is -0.294 e. The van der Waals surface area contributed by atoms with E-state index in [-0.39, 0.29) is 17.7 Å². The molecule has 0 fully saturated rings. The molecular weight excluding hydrogens is 236 g/mol. The van der Waals surface area contributed by atoms with Crippen LogP contribution in [0.15, 0.2) is 9.59 Å². The molecule has 0 spiro atoms. The number of nitrogens with one attached hydrogen (secondary N) is 2. The monoisotopic (exact) mass is 254 g/mol. The largest absolute Gasteiger partial charge is 0.294 e. The molecule has 0 saturated carbocycles. The van der Waals surface area contributed by atoms with Gasteiger partial charge in [-0.15, -0.1) is 0 Å². The summed E-state index contributed by atoms with van der Waals surface area (Å²) in [7, 11) is 0. The maximum atomic E-state index is 12.0. The summed E-state index contributed by atoms with van der Waals surface area (Å²) in [6, 6.07) is 0. The first-order chi connectivity index (χ1) is 8.20. The SMILES string of the molecule is Cc1c(C)c(=O)n(CC(C)(C)C(=O)NN)[nH]c1=O. The van der Waals surface area contributed by atoms with Gasteiger partial charge in [0.05, 0.1) is 12.0 Å². The molecule has 1 amide bonds. The fraction of sp³-hybridized carbons (Fsp3) is 0.545. The Kier molecular flexibility index (Phi) is 3.76. The Hall–Kier alpha value is -1.89. The third-order valence-electron chi connectivity index (χ3n) is 3.00. The van der Waals surface area contributed by atoms with Gasteiger partial charge in [-0.05, 0) is 27.7 Å². The number of aromatic amines is 1. The number of amides is 1. The van der Waals surface area contributed by atoms with E-state index in [0.717, 1.165) is 4.68 Å². The molecule has 0 aliphatic carbocycles. The summed E-state index contributed by atoms with van der Waals surface area (Å²) in [6.07, 6.45) is 0. The Morgan fingerprint density at radius 1 is 1.33 bits per heavy atom. The van der Waals surface area contributed by atoms with E-state index in [1.807, 2.05) is 5.43 Å². The standard InChI is InChI=1S/C11H18N4O3/c1-6-7(2)9(17)15(14-8(6)16)5-11(3,4)10(18)13-12/h5,12H2,1-4H3,(H,13,18)(H,14,16). The molecule has 1 heterocycles. The summed E-state index contributed by atoms with van der Waals surface area (Å²) in [5.74, 6) is 4.67. The number of hydrogen-bond donors (Lipinski definition) is 3. The predicted octanol–water partition coefficient (Wildman–Crippen LogP) is -0.830. The molecule has 18 heavy (non-hydrogen) atoms. The number of nitrogens with two attached hydrogens (primary N) is 1. The summed E-state index contributed by atoms with van der Waals surface area (Å²) in [5, 5.41) is 2.45. The Labute approximate surface area is 104 Å². The van der Waals surface area contributed by atoms with E-state index in [1.54, 1.807) is 27.7 Å². The number of nitrogens with zero attached hydrogens (tertiary/aromatic N) is 1. The van der Waals surface area contributed by atoms with Gasteiger partial charge < -0.3 is 0 Å². The fourth-order valence-corrected chi connectivity index (χ4v) is 1.56. The molecule has 0 radical (unpaired) electrons. The van der Waals surface area contributed by atoms with Gasteiger partial charge in [0.2, 0.25) is 5.91 Å². The van der Waals surface area contributed by atoms with Gasteiger partial charge >= 0.3 is 0 Å². The molecular formula is C11H18N4O3. The number of H-pyrrole nitrogens is 1. The van der Waals surface area contributed by atoms with Gasteiger partial charge in [0.1, 0.15) is 0 Å². The van der Waals surface area contributed by atoms with Crippen molar-refractivity contribution in [2.45, 2.75) is 34.2 Å². The van der Waals surface area contributed by atoms with Gasteiger partial charge in [-0.2, -0.15) is 0 Å². The molecule has 1 aromatic rings. The third kappa shape index (κ3) is 2.51. The van der Waals surface area contributed by atoms with Gasteiger partial charge in [-0.1, -0.05) is 0 Å². The van der Waals surface area contributed by atoms with Gasteiger partial charge in [-0.3, -0.25) is 24.9 Å². The molecule has 7 heteroatoms. The van der Waals surface area contributed by atoms with E-state index in [0.29, 0.717) is 11.1 Å². The highest BCUT2D eigenvalue weighted by Crippen LogP contribution is 2.16. The molecule has 0 unspecified atom stereocenters. The average molecular weight is 254 g/mol. The van der Waals surface area contributed by atoms with Crippen molar-refractivity contribution in [2.75, 3.05) is 0 Å². The van der Waals surface area contributed by atoms with E-state index >= 15 is 0 Å². The van der Waals surface area contributed by atoms with E-state index in [4.69, 9.17) is 5.84 Å². The van der Waals surface area contributed by atoms with Crippen LogP contribution in [0.25, 0.3) is 0 Å². The van der Waals surface area contributed by atoms with Crippen molar-refractivity contribution in [1.29, 1.82) is 0 Å². The van der Waals surface area contributed by atoms with E-state index < -0.39 is 11.3 Å². The second kappa shape index (κ2) is 4.77. The van der Waals surface area contributed by atoms with Crippen LogP contribution in [0.5, 0.6) is 0 Å². The molecule has 1 rings (SSSR count). The first-order valence-electron chi connectivity index (χ1n) is 5.52.